The Hall–Kier alpha value is -0.620. The molecule has 1 aromatic rings. The number of hydrogen-bond acceptors (Lipinski definition) is 3. The molecule has 0 aromatic heterocycles. The van der Waals surface area contributed by atoms with Gasteiger partial charge < -0.3 is 15.8 Å². The van der Waals surface area contributed by atoms with Gasteiger partial charge in [0.05, 0.1) is 5.41 Å². The quantitative estimate of drug-likeness (QED) is 0.850. The van der Waals surface area contributed by atoms with Crippen molar-refractivity contribution in [1.82, 2.24) is 0 Å². The maximum atomic E-state index is 12.6. The van der Waals surface area contributed by atoms with Gasteiger partial charge in [0.2, 0.25) is 5.91 Å². The van der Waals surface area contributed by atoms with Gasteiger partial charge in [-0.2, -0.15) is 0 Å². The van der Waals surface area contributed by atoms with Crippen molar-refractivity contribution in [2.75, 3.05) is 25.1 Å². The van der Waals surface area contributed by atoms with Gasteiger partial charge in [0, 0.05) is 29.9 Å². The van der Waals surface area contributed by atoms with E-state index in [0.717, 1.165) is 21.3 Å². The fourth-order valence-electron chi connectivity index (χ4n) is 2.57. The Kier molecular flexibility index (Phi) is 6.66. The number of ether oxygens (including phenoxy) is 1. The van der Waals surface area contributed by atoms with Crippen molar-refractivity contribution in [1.29, 1.82) is 0 Å². The zero-order valence-corrected chi connectivity index (χ0v) is 14.8. The van der Waals surface area contributed by atoms with E-state index in [1.165, 1.54) is 0 Å². The highest BCUT2D eigenvalue weighted by atomic mass is 79.9. The van der Waals surface area contributed by atoms with Gasteiger partial charge in [-0.1, -0.05) is 15.9 Å². The Balaban J connectivity index is 0.00000220. The summed E-state index contributed by atoms with van der Waals surface area (Å²) < 4.78 is 6.42. The SMILES string of the molecule is Cc1cc(NC(=O)C2(CN)CCOCC2)cc(C)c1Br.Cl. The van der Waals surface area contributed by atoms with Gasteiger partial charge in [-0.05, 0) is 49.9 Å². The Morgan fingerprint density at radius 3 is 2.33 bits per heavy atom. The molecule has 0 bridgehead atoms. The van der Waals surface area contributed by atoms with Crippen molar-refractivity contribution < 1.29 is 9.53 Å². The van der Waals surface area contributed by atoms with Crippen LogP contribution in [-0.4, -0.2) is 25.7 Å². The molecule has 0 aliphatic carbocycles. The van der Waals surface area contributed by atoms with E-state index in [2.05, 4.69) is 21.2 Å². The van der Waals surface area contributed by atoms with Gasteiger partial charge in [-0.3, -0.25) is 4.79 Å². The molecule has 2 rings (SSSR count). The number of nitrogens with two attached hydrogens (primary N) is 1. The summed E-state index contributed by atoms with van der Waals surface area (Å²) in [6, 6.07) is 3.94. The summed E-state index contributed by atoms with van der Waals surface area (Å²) in [6.45, 7) is 5.59. The van der Waals surface area contributed by atoms with Crippen LogP contribution >= 0.6 is 28.3 Å². The third kappa shape index (κ3) is 3.97. The van der Waals surface area contributed by atoms with Crippen LogP contribution < -0.4 is 11.1 Å². The lowest BCUT2D eigenvalue weighted by Gasteiger charge is -2.34. The fourth-order valence-corrected chi connectivity index (χ4v) is 2.80. The Labute approximate surface area is 140 Å². The van der Waals surface area contributed by atoms with Gasteiger partial charge in [0.15, 0.2) is 0 Å². The van der Waals surface area contributed by atoms with E-state index < -0.39 is 5.41 Å². The molecule has 1 fully saturated rings. The van der Waals surface area contributed by atoms with Gasteiger partial charge in [-0.25, -0.2) is 0 Å². The van der Waals surface area contributed by atoms with E-state index >= 15 is 0 Å². The van der Waals surface area contributed by atoms with E-state index in [4.69, 9.17) is 10.5 Å². The molecule has 21 heavy (non-hydrogen) atoms. The minimum absolute atomic E-state index is 0. The number of rotatable bonds is 3. The molecule has 1 heterocycles. The van der Waals surface area contributed by atoms with Crippen LogP contribution in [0.5, 0.6) is 0 Å². The number of benzene rings is 1. The molecule has 1 aromatic carbocycles. The van der Waals surface area contributed by atoms with E-state index in [1.54, 1.807) is 0 Å². The monoisotopic (exact) mass is 376 g/mol. The first-order chi connectivity index (χ1) is 9.48. The van der Waals surface area contributed by atoms with Crippen LogP contribution in [0.4, 0.5) is 5.69 Å². The number of anilines is 1. The summed E-state index contributed by atoms with van der Waals surface area (Å²) in [5, 5.41) is 3.02. The molecule has 1 saturated heterocycles. The summed E-state index contributed by atoms with van der Waals surface area (Å²) >= 11 is 3.53. The first kappa shape index (κ1) is 18.4. The molecule has 0 radical (unpaired) electrons. The molecule has 0 atom stereocenters. The standard InChI is InChI=1S/C15H21BrN2O2.ClH/c1-10-7-12(8-11(2)13(10)16)18-14(19)15(9-17)3-5-20-6-4-15;/h7-8H,3-6,9,17H2,1-2H3,(H,18,19);1H. The average Bonchev–Trinajstić information content (AvgIpc) is 2.45. The van der Waals surface area contributed by atoms with E-state index in [1.807, 2.05) is 26.0 Å². The number of hydrogen-bond donors (Lipinski definition) is 2. The van der Waals surface area contributed by atoms with E-state index in [-0.39, 0.29) is 18.3 Å². The van der Waals surface area contributed by atoms with Crippen molar-refractivity contribution >= 4 is 39.9 Å². The number of amides is 1. The molecule has 0 unspecified atom stereocenters. The van der Waals surface area contributed by atoms with Crippen LogP contribution in [0.3, 0.4) is 0 Å². The lowest BCUT2D eigenvalue weighted by Crippen LogP contribution is -2.46. The van der Waals surface area contributed by atoms with Crippen LogP contribution in [0.2, 0.25) is 0 Å². The Morgan fingerprint density at radius 2 is 1.86 bits per heavy atom. The van der Waals surface area contributed by atoms with Crippen molar-refractivity contribution in [2.45, 2.75) is 26.7 Å². The zero-order valence-electron chi connectivity index (χ0n) is 12.4. The predicted molar refractivity (Wildman–Crippen MR) is 91.0 cm³/mol. The molecule has 1 aliphatic rings. The van der Waals surface area contributed by atoms with Crippen molar-refractivity contribution in [3.63, 3.8) is 0 Å². The number of carbonyl (C=O) groups is 1. The lowest BCUT2D eigenvalue weighted by atomic mass is 9.79. The van der Waals surface area contributed by atoms with Crippen LogP contribution in [0.25, 0.3) is 0 Å². The molecule has 6 heteroatoms. The van der Waals surface area contributed by atoms with E-state index in [0.29, 0.717) is 32.6 Å². The summed E-state index contributed by atoms with van der Waals surface area (Å²) in [4.78, 5) is 12.6. The van der Waals surface area contributed by atoms with Crippen LogP contribution in [-0.2, 0) is 9.53 Å². The summed E-state index contributed by atoms with van der Waals surface area (Å²) in [5.41, 5.74) is 8.40. The summed E-state index contributed by atoms with van der Waals surface area (Å²) in [7, 11) is 0. The lowest BCUT2D eigenvalue weighted by molar-refractivity contribution is -0.130. The molecule has 1 amide bonds. The highest BCUT2D eigenvalue weighted by Gasteiger charge is 2.38. The van der Waals surface area contributed by atoms with Gasteiger partial charge in [0.25, 0.3) is 0 Å². The first-order valence-electron chi connectivity index (χ1n) is 6.84. The molecule has 0 saturated carbocycles. The molecular weight excluding hydrogens is 356 g/mol. The third-order valence-corrected chi connectivity index (χ3v) is 5.27. The summed E-state index contributed by atoms with van der Waals surface area (Å²) in [5.74, 6) is 0.00409. The third-order valence-electron chi connectivity index (χ3n) is 4.02. The minimum atomic E-state index is -0.493. The van der Waals surface area contributed by atoms with E-state index in [9.17, 15) is 4.79 Å². The average molecular weight is 378 g/mol. The zero-order chi connectivity index (χ0) is 14.8. The largest absolute Gasteiger partial charge is 0.381 e. The second kappa shape index (κ2) is 7.58. The Morgan fingerprint density at radius 1 is 1.33 bits per heavy atom. The van der Waals surface area contributed by atoms with Gasteiger partial charge >= 0.3 is 0 Å². The molecule has 118 valence electrons. The van der Waals surface area contributed by atoms with Crippen molar-refractivity contribution in [3.8, 4) is 0 Å². The van der Waals surface area contributed by atoms with Gasteiger partial charge in [-0.15, -0.1) is 12.4 Å². The van der Waals surface area contributed by atoms with Crippen LogP contribution in [0, 0.1) is 19.3 Å². The van der Waals surface area contributed by atoms with Crippen LogP contribution in [0.1, 0.15) is 24.0 Å². The number of aryl methyl sites for hydroxylation is 2. The summed E-state index contributed by atoms with van der Waals surface area (Å²) in [6.07, 6.45) is 1.37. The number of halogens is 2. The van der Waals surface area contributed by atoms with Gasteiger partial charge in [0.1, 0.15) is 0 Å². The highest BCUT2D eigenvalue weighted by Crippen LogP contribution is 2.32. The normalized spacial score (nSPS) is 17.0. The maximum absolute atomic E-state index is 12.6. The first-order valence-corrected chi connectivity index (χ1v) is 7.64. The fraction of sp³-hybridized carbons (Fsp3) is 0.533. The molecule has 3 N–H and O–H groups in total. The number of nitrogens with one attached hydrogen (secondary N) is 1. The molecule has 1 aliphatic heterocycles. The smallest absolute Gasteiger partial charge is 0.232 e. The van der Waals surface area contributed by atoms with Crippen LogP contribution in [0.15, 0.2) is 16.6 Å². The van der Waals surface area contributed by atoms with Crippen molar-refractivity contribution in [3.05, 3.63) is 27.7 Å². The molecular formula is C15H22BrClN2O2. The topological polar surface area (TPSA) is 64.4 Å². The maximum Gasteiger partial charge on any atom is 0.232 e. The Bertz CT molecular complexity index is 493. The molecule has 4 nitrogen and oxygen atoms in total. The predicted octanol–water partition coefficient (Wildman–Crippen LogP) is 3.18. The number of carbonyl (C=O) groups excluding carboxylic acids is 1. The van der Waals surface area contributed by atoms with Crippen molar-refractivity contribution in [2.24, 2.45) is 11.1 Å². The second-order valence-corrected chi connectivity index (χ2v) is 6.27. The second-order valence-electron chi connectivity index (χ2n) is 5.47. The highest BCUT2D eigenvalue weighted by molar-refractivity contribution is 9.10. The molecule has 0 spiro atoms. The minimum Gasteiger partial charge on any atom is -0.381 e.